The van der Waals surface area contributed by atoms with Gasteiger partial charge in [-0.2, -0.15) is 0 Å². The molecular formula is C17H19N3O4S. The first-order valence-electron chi connectivity index (χ1n) is 7.41. The van der Waals surface area contributed by atoms with Gasteiger partial charge in [0.2, 0.25) is 0 Å². The van der Waals surface area contributed by atoms with E-state index in [0.29, 0.717) is 4.31 Å². The number of hydrogen-bond donors (Lipinski definition) is 0. The zero-order valence-electron chi connectivity index (χ0n) is 14.5. The minimum Gasteiger partial charge on any atom is -0.378 e. The van der Waals surface area contributed by atoms with E-state index < -0.39 is 22.5 Å². The largest absolute Gasteiger partial charge is 0.378 e. The van der Waals surface area contributed by atoms with E-state index >= 15 is 0 Å². The first kappa shape index (κ1) is 18.5. The van der Waals surface area contributed by atoms with Gasteiger partial charge in [0.1, 0.15) is 5.69 Å². The third-order valence-corrected chi connectivity index (χ3v) is 5.56. The predicted molar refractivity (Wildman–Crippen MR) is 93.8 cm³/mol. The first-order valence-corrected chi connectivity index (χ1v) is 8.85. The lowest BCUT2D eigenvalue weighted by atomic mass is 10.2. The van der Waals surface area contributed by atoms with Gasteiger partial charge < -0.3 is 9.42 Å². The molecule has 25 heavy (non-hydrogen) atoms. The molecule has 0 aliphatic heterocycles. The number of aromatic nitrogens is 1. The van der Waals surface area contributed by atoms with Crippen molar-refractivity contribution in [2.75, 3.05) is 25.5 Å². The van der Waals surface area contributed by atoms with E-state index in [1.54, 1.807) is 18.2 Å². The molecule has 2 aromatic rings. The molecule has 0 bridgehead atoms. The second-order valence-electron chi connectivity index (χ2n) is 5.62. The van der Waals surface area contributed by atoms with Gasteiger partial charge in [0, 0.05) is 25.3 Å². The molecule has 1 aromatic heterocycles. The van der Waals surface area contributed by atoms with Crippen LogP contribution >= 0.6 is 0 Å². The first-order chi connectivity index (χ1) is 11.7. The molecule has 132 valence electrons. The fourth-order valence-corrected chi connectivity index (χ4v) is 3.96. The van der Waals surface area contributed by atoms with Crippen LogP contribution in [0.15, 0.2) is 33.7 Å². The molecule has 2 rings (SSSR count). The standard InChI is InChI=1S/C17H19N3O4S/c1-6-10-20(25(22,23)16-12(2)18-24-13(16)3)17(21)14-8-7-9-15(11-14)19(4)5/h1,7-9,11H,10H2,2-5H3. The molecule has 0 aliphatic carbocycles. The molecule has 0 radical (unpaired) electrons. The number of nitrogens with zero attached hydrogens (tertiary/aromatic N) is 3. The van der Waals surface area contributed by atoms with Crippen molar-refractivity contribution in [3.8, 4) is 12.3 Å². The lowest BCUT2D eigenvalue weighted by molar-refractivity contribution is 0.0873. The molecule has 0 saturated carbocycles. The van der Waals surface area contributed by atoms with Crippen LogP contribution in [0.3, 0.4) is 0 Å². The maximum Gasteiger partial charge on any atom is 0.273 e. The molecule has 0 N–H and O–H groups in total. The van der Waals surface area contributed by atoms with Crippen LogP contribution in [0.1, 0.15) is 21.8 Å². The minimum atomic E-state index is -4.19. The molecule has 0 unspecified atom stereocenters. The van der Waals surface area contributed by atoms with Crippen molar-refractivity contribution in [1.29, 1.82) is 0 Å². The highest BCUT2D eigenvalue weighted by molar-refractivity contribution is 7.89. The van der Waals surface area contributed by atoms with E-state index in [1.807, 2.05) is 25.1 Å². The maximum absolute atomic E-state index is 13.0. The highest BCUT2D eigenvalue weighted by atomic mass is 32.2. The number of amides is 1. The summed E-state index contributed by atoms with van der Waals surface area (Å²) >= 11 is 0. The second-order valence-corrected chi connectivity index (χ2v) is 7.42. The van der Waals surface area contributed by atoms with Crippen molar-refractivity contribution in [2.24, 2.45) is 0 Å². The normalized spacial score (nSPS) is 11.0. The Hall–Kier alpha value is -2.79. The Morgan fingerprint density at radius 3 is 2.52 bits per heavy atom. The molecule has 1 aromatic carbocycles. The summed E-state index contributed by atoms with van der Waals surface area (Å²) in [5, 5.41) is 3.64. The fraction of sp³-hybridized carbons (Fsp3) is 0.294. The van der Waals surface area contributed by atoms with Gasteiger partial charge in [-0.3, -0.25) is 4.79 Å². The summed E-state index contributed by atoms with van der Waals surface area (Å²) in [6.07, 6.45) is 5.29. The van der Waals surface area contributed by atoms with Gasteiger partial charge in [-0.25, -0.2) is 12.7 Å². The highest BCUT2D eigenvalue weighted by Gasteiger charge is 2.34. The van der Waals surface area contributed by atoms with E-state index in [4.69, 9.17) is 10.9 Å². The lowest BCUT2D eigenvalue weighted by Crippen LogP contribution is -2.37. The van der Waals surface area contributed by atoms with Gasteiger partial charge in [0.25, 0.3) is 15.9 Å². The summed E-state index contributed by atoms with van der Waals surface area (Å²) in [4.78, 5) is 14.5. The van der Waals surface area contributed by atoms with E-state index in [2.05, 4.69) is 11.1 Å². The molecule has 0 aliphatic rings. The zero-order chi connectivity index (χ0) is 18.8. The number of sulfonamides is 1. The predicted octanol–water partition coefficient (Wildman–Crippen LogP) is 1.82. The summed E-state index contributed by atoms with van der Waals surface area (Å²) in [6.45, 7) is 2.57. The van der Waals surface area contributed by atoms with Gasteiger partial charge in [0.15, 0.2) is 10.7 Å². The molecule has 8 heteroatoms. The van der Waals surface area contributed by atoms with Crippen LogP contribution in [0.5, 0.6) is 0 Å². The summed E-state index contributed by atoms with van der Waals surface area (Å²) in [5.41, 5.74) is 1.16. The summed E-state index contributed by atoms with van der Waals surface area (Å²) in [7, 11) is -0.545. The van der Waals surface area contributed by atoms with Crippen molar-refractivity contribution in [2.45, 2.75) is 18.7 Å². The molecular weight excluding hydrogens is 342 g/mol. The Labute approximate surface area is 147 Å². The number of terminal acetylenes is 1. The highest BCUT2D eigenvalue weighted by Crippen LogP contribution is 2.25. The van der Waals surface area contributed by atoms with Crippen LogP contribution in [0.2, 0.25) is 0 Å². The van der Waals surface area contributed by atoms with Gasteiger partial charge in [-0.1, -0.05) is 17.1 Å². The van der Waals surface area contributed by atoms with Gasteiger partial charge >= 0.3 is 0 Å². The van der Waals surface area contributed by atoms with E-state index in [1.165, 1.54) is 13.8 Å². The number of carbonyl (C=O) groups is 1. The Morgan fingerprint density at radius 2 is 2.00 bits per heavy atom. The molecule has 0 spiro atoms. The molecule has 0 atom stereocenters. The smallest absolute Gasteiger partial charge is 0.273 e. The molecule has 0 saturated heterocycles. The molecule has 1 heterocycles. The Balaban J connectivity index is 2.53. The lowest BCUT2D eigenvalue weighted by Gasteiger charge is -2.21. The van der Waals surface area contributed by atoms with Crippen molar-refractivity contribution in [3.63, 3.8) is 0 Å². The monoisotopic (exact) mass is 361 g/mol. The van der Waals surface area contributed by atoms with Crippen LogP contribution in [0, 0.1) is 26.2 Å². The third kappa shape index (κ3) is 3.51. The zero-order valence-corrected chi connectivity index (χ0v) is 15.3. The summed E-state index contributed by atoms with van der Waals surface area (Å²) < 4.78 is 31.5. The van der Waals surface area contributed by atoms with Crippen LogP contribution in [-0.4, -0.2) is 44.4 Å². The van der Waals surface area contributed by atoms with Crippen LogP contribution < -0.4 is 4.90 Å². The van der Waals surface area contributed by atoms with Crippen molar-refractivity contribution in [3.05, 3.63) is 41.3 Å². The Kier molecular flexibility index (Phi) is 5.18. The molecule has 1 amide bonds. The van der Waals surface area contributed by atoms with Crippen molar-refractivity contribution in [1.82, 2.24) is 9.46 Å². The number of aryl methyl sites for hydroxylation is 2. The number of rotatable bonds is 5. The van der Waals surface area contributed by atoms with Gasteiger partial charge in [-0.15, -0.1) is 6.42 Å². The quantitative estimate of drug-likeness (QED) is 0.756. The number of anilines is 1. The molecule has 7 nitrogen and oxygen atoms in total. The number of benzene rings is 1. The Bertz CT molecular complexity index is 920. The van der Waals surface area contributed by atoms with Gasteiger partial charge in [-0.05, 0) is 32.0 Å². The maximum atomic E-state index is 13.0. The second kappa shape index (κ2) is 6.99. The summed E-state index contributed by atoms with van der Waals surface area (Å²) in [6, 6.07) is 6.64. The number of carbonyl (C=O) groups excluding carboxylic acids is 1. The fourth-order valence-electron chi connectivity index (χ4n) is 2.36. The van der Waals surface area contributed by atoms with Crippen LogP contribution in [0.25, 0.3) is 0 Å². The third-order valence-electron chi connectivity index (χ3n) is 3.59. The van der Waals surface area contributed by atoms with Crippen molar-refractivity contribution >= 4 is 21.6 Å². The van der Waals surface area contributed by atoms with E-state index in [9.17, 15) is 13.2 Å². The van der Waals surface area contributed by atoms with Gasteiger partial charge in [0.05, 0.1) is 6.54 Å². The minimum absolute atomic E-state index is 0.106. The number of hydrogen-bond acceptors (Lipinski definition) is 6. The van der Waals surface area contributed by atoms with E-state index in [0.717, 1.165) is 5.69 Å². The summed E-state index contributed by atoms with van der Waals surface area (Å²) in [5.74, 6) is 1.63. The average molecular weight is 361 g/mol. The topological polar surface area (TPSA) is 83.7 Å². The molecule has 0 fully saturated rings. The average Bonchev–Trinajstić information content (AvgIpc) is 2.91. The van der Waals surface area contributed by atoms with E-state index in [-0.39, 0.29) is 21.9 Å². The van der Waals surface area contributed by atoms with Crippen molar-refractivity contribution < 1.29 is 17.7 Å². The Morgan fingerprint density at radius 1 is 1.32 bits per heavy atom. The van der Waals surface area contributed by atoms with Crippen LogP contribution in [0.4, 0.5) is 5.69 Å². The SMILES string of the molecule is C#CCN(C(=O)c1cccc(N(C)C)c1)S(=O)(=O)c1c(C)noc1C. The van der Waals surface area contributed by atoms with Crippen LogP contribution in [-0.2, 0) is 10.0 Å².